The summed E-state index contributed by atoms with van der Waals surface area (Å²) in [6.45, 7) is 0. The van der Waals surface area contributed by atoms with Crippen LogP contribution in [0.1, 0.15) is 27.4 Å². The van der Waals surface area contributed by atoms with Crippen LogP contribution >= 0.6 is 46.4 Å². The van der Waals surface area contributed by atoms with Crippen LogP contribution in [0.2, 0.25) is 20.1 Å². The highest BCUT2D eigenvalue weighted by atomic mass is 35.5. The first kappa shape index (κ1) is 22.3. The molecule has 1 unspecified atom stereocenters. The molecule has 0 spiro atoms. The van der Waals surface area contributed by atoms with E-state index in [9.17, 15) is 10.1 Å². The van der Waals surface area contributed by atoms with E-state index in [1.807, 2.05) is 0 Å². The molecule has 3 aromatic carbocycles. The molecule has 0 bridgehead atoms. The van der Waals surface area contributed by atoms with Gasteiger partial charge in [0.25, 0.3) is 0 Å². The number of carbonyl (C=O) groups is 1. The molecule has 4 rings (SSSR count). The predicted molar refractivity (Wildman–Crippen MR) is 124 cm³/mol. The van der Waals surface area contributed by atoms with Crippen molar-refractivity contribution in [3.05, 3.63) is 103 Å². The second-order valence-electron chi connectivity index (χ2n) is 6.77. The molecule has 0 radical (unpaired) electrons. The van der Waals surface area contributed by atoms with Crippen molar-refractivity contribution in [3.63, 3.8) is 0 Å². The fraction of sp³-hybridized carbons (Fsp3) is 0.0435. The normalized spacial score (nSPS) is 14.9. The highest BCUT2D eigenvalue weighted by Gasteiger charge is 2.33. The molecule has 3 aromatic rings. The van der Waals surface area contributed by atoms with Crippen molar-refractivity contribution in [3.8, 4) is 17.6 Å². The Bertz CT molecular complexity index is 1310. The molecule has 1 heterocycles. The van der Waals surface area contributed by atoms with Crippen LogP contribution in [-0.4, -0.2) is 5.97 Å². The van der Waals surface area contributed by atoms with Crippen LogP contribution in [0.15, 0.2) is 66.1 Å². The second-order valence-corrected chi connectivity index (χ2v) is 8.43. The zero-order chi connectivity index (χ0) is 23.0. The lowest BCUT2D eigenvalue weighted by molar-refractivity contribution is 0.0734. The minimum Gasteiger partial charge on any atom is -0.440 e. The summed E-state index contributed by atoms with van der Waals surface area (Å²) in [5.41, 5.74) is 7.46. The topological polar surface area (TPSA) is 85.3 Å². The first-order valence-corrected chi connectivity index (χ1v) is 10.6. The lowest BCUT2D eigenvalue weighted by Crippen LogP contribution is -2.21. The summed E-state index contributed by atoms with van der Waals surface area (Å²) in [5, 5.41) is 11.0. The molecule has 0 fully saturated rings. The van der Waals surface area contributed by atoms with Gasteiger partial charge in [-0.25, -0.2) is 4.79 Å². The molecule has 0 aromatic heterocycles. The molecular weight excluding hydrogens is 494 g/mol. The number of hydrogen-bond donors (Lipinski definition) is 1. The standard InChI is InChI=1S/C23H12Cl4N2O3/c24-11-4-6-13(18(27)8-11)23(30)31-12-5-7-14-19(9-12)32-22(29)15(10-28)20(14)21-16(25)2-1-3-17(21)26/h1-9,20H,29H2. The zero-order valence-corrected chi connectivity index (χ0v) is 19.1. The summed E-state index contributed by atoms with van der Waals surface area (Å²) in [4.78, 5) is 12.5. The van der Waals surface area contributed by atoms with E-state index in [2.05, 4.69) is 6.07 Å². The van der Waals surface area contributed by atoms with Crippen LogP contribution in [-0.2, 0) is 0 Å². The summed E-state index contributed by atoms with van der Waals surface area (Å²) in [5.74, 6) is -0.924. The lowest BCUT2D eigenvalue weighted by Gasteiger charge is -2.27. The third-order valence-electron chi connectivity index (χ3n) is 4.84. The van der Waals surface area contributed by atoms with Gasteiger partial charge < -0.3 is 15.2 Å². The molecular formula is C23H12Cl4N2O3. The molecule has 2 N–H and O–H groups in total. The number of esters is 1. The monoisotopic (exact) mass is 504 g/mol. The Morgan fingerprint density at radius 2 is 1.72 bits per heavy atom. The van der Waals surface area contributed by atoms with Crippen LogP contribution in [0.4, 0.5) is 0 Å². The first-order chi connectivity index (χ1) is 15.3. The SMILES string of the molecule is N#CC1=C(N)Oc2cc(OC(=O)c3ccc(Cl)cc3Cl)ccc2C1c1c(Cl)cccc1Cl. The number of nitrogens with zero attached hydrogens (tertiary/aromatic N) is 1. The summed E-state index contributed by atoms with van der Waals surface area (Å²) in [6.07, 6.45) is 0. The fourth-order valence-electron chi connectivity index (χ4n) is 3.40. The number of carbonyl (C=O) groups excluding carboxylic acids is 1. The average molecular weight is 506 g/mol. The van der Waals surface area contributed by atoms with Gasteiger partial charge in [0.1, 0.15) is 23.1 Å². The molecule has 0 aliphatic carbocycles. The maximum absolute atomic E-state index is 12.5. The molecule has 1 atom stereocenters. The van der Waals surface area contributed by atoms with E-state index in [-0.39, 0.29) is 27.8 Å². The third-order valence-corrected chi connectivity index (χ3v) is 6.05. The van der Waals surface area contributed by atoms with Gasteiger partial charge in [-0.05, 0) is 36.4 Å². The molecule has 32 heavy (non-hydrogen) atoms. The summed E-state index contributed by atoms with van der Waals surface area (Å²) >= 11 is 24.8. The largest absolute Gasteiger partial charge is 0.440 e. The Kier molecular flexibility index (Phi) is 6.23. The van der Waals surface area contributed by atoms with Crippen LogP contribution in [0.25, 0.3) is 0 Å². The predicted octanol–water partition coefficient (Wildman–Crippen LogP) is 6.74. The molecule has 0 amide bonds. The van der Waals surface area contributed by atoms with Gasteiger partial charge in [0.05, 0.1) is 16.5 Å². The lowest BCUT2D eigenvalue weighted by atomic mass is 9.83. The molecule has 0 saturated heterocycles. The van der Waals surface area contributed by atoms with Gasteiger partial charge >= 0.3 is 5.97 Å². The van der Waals surface area contributed by atoms with Crippen molar-refractivity contribution in [1.29, 1.82) is 5.26 Å². The zero-order valence-electron chi connectivity index (χ0n) is 16.0. The van der Waals surface area contributed by atoms with Crippen molar-refractivity contribution in [2.24, 2.45) is 5.73 Å². The van der Waals surface area contributed by atoms with Gasteiger partial charge in [0, 0.05) is 32.3 Å². The highest BCUT2D eigenvalue weighted by Crippen LogP contribution is 2.47. The quantitative estimate of drug-likeness (QED) is 0.314. The van der Waals surface area contributed by atoms with Crippen molar-refractivity contribution in [1.82, 2.24) is 0 Å². The number of benzene rings is 3. The van der Waals surface area contributed by atoms with E-state index < -0.39 is 11.9 Å². The average Bonchev–Trinajstić information content (AvgIpc) is 2.73. The number of ether oxygens (including phenoxy) is 2. The van der Waals surface area contributed by atoms with Crippen molar-refractivity contribution in [2.75, 3.05) is 0 Å². The number of nitriles is 1. The van der Waals surface area contributed by atoms with Gasteiger partial charge in [-0.3, -0.25) is 0 Å². The molecule has 1 aliphatic heterocycles. The van der Waals surface area contributed by atoms with Gasteiger partial charge in [0.2, 0.25) is 5.88 Å². The fourth-order valence-corrected chi connectivity index (χ4v) is 4.50. The number of nitrogens with two attached hydrogens (primary N) is 1. The second kappa shape index (κ2) is 8.93. The maximum atomic E-state index is 12.5. The summed E-state index contributed by atoms with van der Waals surface area (Å²) in [7, 11) is 0. The van der Waals surface area contributed by atoms with E-state index >= 15 is 0 Å². The van der Waals surface area contributed by atoms with Crippen molar-refractivity contribution in [2.45, 2.75) is 5.92 Å². The van der Waals surface area contributed by atoms with Crippen LogP contribution in [0.5, 0.6) is 11.5 Å². The van der Waals surface area contributed by atoms with E-state index in [0.717, 1.165) is 0 Å². The number of halogens is 4. The maximum Gasteiger partial charge on any atom is 0.345 e. The van der Waals surface area contributed by atoms with Gasteiger partial charge in [-0.15, -0.1) is 0 Å². The van der Waals surface area contributed by atoms with E-state index in [4.69, 9.17) is 61.6 Å². The first-order valence-electron chi connectivity index (χ1n) is 9.12. The van der Waals surface area contributed by atoms with Gasteiger partial charge in [-0.2, -0.15) is 5.26 Å². The van der Waals surface area contributed by atoms with Crippen LogP contribution in [0.3, 0.4) is 0 Å². The van der Waals surface area contributed by atoms with E-state index in [0.29, 0.717) is 31.9 Å². The Labute approximate surface area is 203 Å². The van der Waals surface area contributed by atoms with Gasteiger partial charge in [-0.1, -0.05) is 58.5 Å². The minimum absolute atomic E-state index is 0.0924. The third kappa shape index (κ3) is 4.11. The Morgan fingerprint density at radius 1 is 1.00 bits per heavy atom. The van der Waals surface area contributed by atoms with Crippen molar-refractivity contribution >= 4 is 52.4 Å². The molecule has 5 nitrogen and oxygen atoms in total. The Hall–Kier alpha value is -2.88. The number of hydrogen-bond acceptors (Lipinski definition) is 5. The Morgan fingerprint density at radius 3 is 2.38 bits per heavy atom. The van der Waals surface area contributed by atoms with E-state index in [1.54, 1.807) is 30.3 Å². The Balaban J connectivity index is 1.74. The highest BCUT2D eigenvalue weighted by molar-refractivity contribution is 6.37. The molecule has 160 valence electrons. The van der Waals surface area contributed by atoms with Gasteiger partial charge in [0.15, 0.2) is 0 Å². The van der Waals surface area contributed by atoms with Crippen LogP contribution in [0, 0.1) is 11.3 Å². The number of fused-ring (bicyclic) bond motifs is 1. The van der Waals surface area contributed by atoms with Crippen LogP contribution < -0.4 is 15.2 Å². The summed E-state index contributed by atoms with van der Waals surface area (Å²) in [6, 6.07) is 16.3. The molecule has 1 aliphatic rings. The minimum atomic E-state index is -0.672. The van der Waals surface area contributed by atoms with E-state index in [1.165, 1.54) is 24.3 Å². The van der Waals surface area contributed by atoms with Crippen molar-refractivity contribution < 1.29 is 14.3 Å². The smallest absolute Gasteiger partial charge is 0.345 e. The molecule has 0 saturated carbocycles. The summed E-state index contributed by atoms with van der Waals surface area (Å²) < 4.78 is 11.1. The molecule has 9 heteroatoms. The number of allylic oxidation sites excluding steroid dienone is 1. The number of rotatable bonds is 3.